The summed E-state index contributed by atoms with van der Waals surface area (Å²) in [6.07, 6.45) is 0. The van der Waals surface area contributed by atoms with Gasteiger partial charge >= 0.3 is 0 Å². The number of hydrogen-bond donors (Lipinski definition) is 3. The van der Waals surface area contributed by atoms with Gasteiger partial charge in [-0.2, -0.15) is 0 Å². The van der Waals surface area contributed by atoms with Crippen LogP contribution in [0.5, 0.6) is 5.75 Å². The lowest BCUT2D eigenvalue weighted by Crippen LogP contribution is -2.06. The third-order valence-corrected chi connectivity index (χ3v) is 5.48. The van der Waals surface area contributed by atoms with Gasteiger partial charge in [0, 0.05) is 28.4 Å². The number of H-pyrrole nitrogens is 1. The Morgan fingerprint density at radius 1 is 1.20 bits per heavy atom. The van der Waals surface area contributed by atoms with Gasteiger partial charge in [0.2, 0.25) is 0 Å². The molecule has 0 saturated heterocycles. The second-order valence-electron chi connectivity index (χ2n) is 6.17. The zero-order valence-electron chi connectivity index (χ0n) is 14.0. The SMILES string of the molecule is CNCc1ccc(-c2c(O)ccc3[nH]c(=O)c4sccc4c23)cc1C. The molecule has 0 spiro atoms. The summed E-state index contributed by atoms with van der Waals surface area (Å²) < 4.78 is 0.683. The molecule has 2 heterocycles. The van der Waals surface area contributed by atoms with Crippen molar-refractivity contribution in [3.05, 3.63) is 63.3 Å². The lowest BCUT2D eigenvalue weighted by molar-refractivity contribution is 0.478. The molecule has 0 amide bonds. The number of nitrogens with one attached hydrogen (secondary N) is 2. The number of phenols is 1. The molecule has 0 bridgehead atoms. The van der Waals surface area contributed by atoms with Crippen LogP contribution in [0, 0.1) is 6.92 Å². The Kier molecular flexibility index (Phi) is 3.82. The molecule has 0 radical (unpaired) electrons. The van der Waals surface area contributed by atoms with Crippen molar-refractivity contribution in [2.75, 3.05) is 7.05 Å². The van der Waals surface area contributed by atoms with Crippen LogP contribution >= 0.6 is 11.3 Å². The second kappa shape index (κ2) is 6.02. The van der Waals surface area contributed by atoms with E-state index in [1.807, 2.05) is 24.6 Å². The highest BCUT2D eigenvalue weighted by Crippen LogP contribution is 2.40. The van der Waals surface area contributed by atoms with E-state index in [-0.39, 0.29) is 11.3 Å². The summed E-state index contributed by atoms with van der Waals surface area (Å²) in [6, 6.07) is 11.5. The van der Waals surface area contributed by atoms with Crippen LogP contribution in [0.15, 0.2) is 46.6 Å². The van der Waals surface area contributed by atoms with Crippen molar-refractivity contribution in [2.45, 2.75) is 13.5 Å². The minimum Gasteiger partial charge on any atom is -0.507 e. The van der Waals surface area contributed by atoms with Crippen molar-refractivity contribution in [2.24, 2.45) is 0 Å². The number of hydrogen-bond acceptors (Lipinski definition) is 4. The van der Waals surface area contributed by atoms with Gasteiger partial charge in [-0.25, -0.2) is 0 Å². The number of aryl methyl sites for hydroxylation is 1. The maximum atomic E-state index is 12.2. The summed E-state index contributed by atoms with van der Waals surface area (Å²) in [5.74, 6) is 0.216. The first-order valence-corrected chi connectivity index (χ1v) is 8.98. The minimum atomic E-state index is -0.0883. The Morgan fingerprint density at radius 2 is 2.04 bits per heavy atom. The van der Waals surface area contributed by atoms with Gasteiger partial charge in [0.25, 0.3) is 5.56 Å². The van der Waals surface area contributed by atoms with Crippen molar-refractivity contribution < 1.29 is 5.11 Å². The van der Waals surface area contributed by atoms with Crippen LogP contribution in [-0.4, -0.2) is 17.1 Å². The molecule has 2 aromatic carbocycles. The van der Waals surface area contributed by atoms with Crippen molar-refractivity contribution in [3.8, 4) is 16.9 Å². The van der Waals surface area contributed by atoms with E-state index in [2.05, 4.69) is 29.4 Å². The first-order valence-electron chi connectivity index (χ1n) is 8.10. The Bertz CT molecular complexity index is 1160. The molecule has 0 saturated carbocycles. The highest BCUT2D eigenvalue weighted by molar-refractivity contribution is 7.17. The van der Waals surface area contributed by atoms with E-state index >= 15 is 0 Å². The zero-order valence-corrected chi connectivity index (χ0v) is 14.8. The van der Waals surface area contributed by atoms with Crippen LogP contribution in [0.3, 0.4) is 0 Å². The number of phenolic OH excluding ortho intramolecular Hbond substituents is 1. The molecule has 0 aliphatic rings. The van der Waals surface area contributed by atoms with Gasteiger partial charge in [0.1, 0.15) is 10.4 Å². The Morgan fingerprint density at radius 3 is 2.80 bits per heavy atom. The standard InChI is InChI=1S/C20H18N2O2S/c1-11-9-12(3-4-13(11)10-21-2)17-16(23)6-5-15-18(17)14-7-8-25-19(14)20(24)22-15/h3-9,21,23H,10H2,1-2H3,(H,22,24). The topological polar surface area (TPSA) is 65.1 Å². The lowest BCUT2D eigenvalue weighted by atomic mass is 9.94. The normalized spacial score (nSPS) is 11.4. The quantitative estimate of drug-likeness (QED) is 0.520. The smallest absolute Gasteiger partial charge is 0.266 e. The van der Waals surface area contributed by atoms with E-state index in [0.717, 1.165) is 39.5 Å². The van der Waals surface area contributed by atoms with E-state index < -0.39 is 0 Å². The molecular weight excluding hydrogens is 332 g/mol. The summed E-state index contributed by atoms with van der Waals surface area (Å²) in [5, 5.41) is 17.4. The maximum Gasteiger partial charge on any atom is 0.266 e. The van der Waals surface area contributed by atoms with E-state index in [0.29, 0.717) is 4.70 Å². The van der Waals surface area contributed by atoms with Crippen LogP contribution in [-0.2, 0) is 6.54 Å². The molecule has 2 aromatic heterocycles. The second-order valence-corrected chi connectivity index (χ2v) is 7.09. The number of aromatic nitrogens is 1. The van der Waals surface area contributed by atoms with Crippen molar-refractivity contribution in [1.29, 1.82) is 0 Å². The van der Waals surface area contributed by atoms with Gasteiger partial charge in [-0.3, -0.25) is 4.79 Å². The summed E-state index contributed by atoms with van der Waals surface area (Å²) in [6.45, 7) is 2.87. The van der Waals surface area contributed by atoms with Gasteiger partial charge in [0.15, 0.2) is 0 Å². The number of benzene rings is 2. The fourth-order valence-corrected chi connectivity index (χ4v) is 4.16. The summed E-state index contributed by atoms with van der Waals surface area (Å²) in [5.41, 5.74) is 4.74. The molecule has 0 aliphatic carbocycles. The molecule has 4 aromatic rings. The fraction of sp³-hybridized carbons (Fsp3) is 0.150. The first-order chi connectivity index (χ1) is 12.1. The fourth-order valence-electron chi connectivity index (χ4n) is 3.37. The van der Waals surface area contributed by atoms with Crippen LogP contribution in [0.2, 0.25) is 0 Å². The third-order valence-electron chi connectivity index (χ3n) is 4.57. The van der Waals surface area contributed by atoms with E-state index in [1.165, 1.54) is 16.9 Å². The average molecular weight is 350 g/mol. The summed E-state index contributed by atoms with van der Waals surface area (Å²) in [7, 11) is 1.92. The van der Waals surface area contributed by atoms with Gasteiger partial charge < -0.3 is 15.4 Å². The van der Waals surface area contributed by atoms with Crippen molar-refractivity contribution >= 4 is 32.3 Å². The van der Waals surface area contributed by atoms with Crippen LogP contribution in [0.1, 0.15) is 11.1 Å². The number of fused-ring (bicyclic) bond motifs is 3. The number of pyridine rings is 1. The molecule has 0 atom stereocenters. The van der Waals surface area contributed by atoms with Crippen LogP contribution in [0.25, 0.3) is 32.1 Å². The molecule has 0 aliphatic heterocycles. The first kappa shape index (κ1) is 15.9. The molecule has 5 heteroatoms. The van der Waals surface area contributed by atoms with Gasteiger partial charge in [-0.1, -0.05) is 18.2 Å². The van der Waals surface area contributed by atoms with Crippen molar-refractivity contribution in [3.63, 3.8) is 0 Å². The summed E-state index contributed by atoms with van der Waals surface area (Å²) in [4.78, 5) is 15.2. The average Bonchev–Trinajstić information content (AvgIpc) is 3.08. The minimum absolute atomic E-state index is 0.0883. The van der Waals surface area contributed by atoms with E-state index in [4.69, 9.17) is 0 Å². The largest absolute Gasteiger partial charge is 0.507 e. The van der Waals surface area contributed by atoms with Crippen LogP contribution < -0.4 is 10.9 Å². The number of aromatic amines is 1. The Balaban J connectivity index is 2.07. The molecule has 0 unspecified atom stereocenters. The zero-order chi connectivity index (χ0) is 17.6. The van der Waals surface area contributed by atoms with Gasteiger partial charge in [-0.05, 0) is 54.2 Å². The monoisotopic (exact) mass is 350 g/mol. The van der Waals surface area contributed by atoms with E-state index in [9.17, 15) is 9.90 Å². The lowest BCUT2D eigenvalue weighted by Gasteiger charge is -2.13. The van der Waals surface area contributed by atoms with Gasteiger partial charge in [0.05, 0.1) is 0 Å². The van der Waals surface area contributed by atoms with E-state index in [1.54, 1.807) is 12.1 Å². The Hall–Kier alpha value is -2.63. The van der Waals surface area contributed by atoms with Crippen molar-refractivity contribution in [1.82, 2.24) is 10.3 Å². The van der Waals surface area contributed by atoms with Gasteiger partial charge in [-0.15, -0.1) is 11.3 Å². The predicted octanol–water partition coefficient (Wildman–Crippen LogP) is 4.14. The Labute approximate surface area is 148 Å². The highest BCUT2D eigenvalue weighted by atomic mass is 32.1. The molecule has 4 rings (SSSR count). The molecule has 25 heavy (non-hydrogen) atoms. The maximum absolute atomic E-state index is 12.2. The molecule has 126 valence electrons. The number of aromatic hydroxyl groups is 1. The third kappa shape index (κ3) is 2.52. The molecule has 3 N–H and O–H groups in total. The van der Waals surface area contributed by atoms with Crippen LogP contribution in [0.4, 0.5) is 0 Å². The number of thiophene rings is 1. The number of rotatable bonds is 3. The molecular formula is C20H18N2O2S. The highest BCUT2D eigenvalue weighted by Gasteiger charge is 2.15. The molecule has 4 nitrogen and oxygen atoms in total. The summed E-state index contributed by atoms with van der Waals surface area (Å²) >= 11 is 1.42. The predicted molar refractivity (Wildman–Crippen MR) is 105 cm³/mol. The molecule has 0 fully saturated rings.